The fourth-order valence-electron chi connectivity index (χ4n) is 3.65. The van der Waals surface area contributed by atoms with E-state index in [1.807, 2.05) is 44.1 Å². The second-order valence-corrected chi connectivity index (χ2v) is 9.00. The molecule has 0 spiro atoms. The number of benzene rings is 2. The van der Waals surface area contributed by atoms with E-state index >= 15 is 0 Å². The smallest absolute Gasteiger partial charge is 0.260 e. The molecular formula is C24H27ClN4O4S. The van der Waals surface area contributed by atoms with E-state index < -0.39 is 0 Å². The van der Waals surface area contributed by atoms with Crippen LogP contribution >= 0.6 is 23.7 Å². The van der Waals surface area contributed by atoms with Gasteiger partial charge in [-0.05, 0) is 57.4 Å². The van der Waals surface area contributed by atoms with E-state index in [0.29, 0.717) is 36.1 Å². The highest BCUT2D eigenvalue weighted by Crippen LogP contribution is 2.33. The van der Waals surface area contributed by atoms with Crippen molar-refractivity contribution in [3.8, 4) is 5.75 Å². The lowest BCUT2D eigenvalue weighted by Gasteiger charge is -2.22. The number of hydrogen-bond acceptors (Lipinski definition) is 7. The van der Waals surface area contributed by atoms with Crippen LogP contribution in [0.4, 0.5) is 10.8 Å². The normalized spacial score (nSPS) is 13.5. The van der Waals surface area contributed by atoms with Crippen molar-refractivity contribution < 1.29 is 19.1 Å². The molecule has 0 N–H and O–H groups in total. The predicted octanol–water partition coefficient (Wildman–Crippen LogP) is 3.98. The van der Waals surface area contributed by atoms with Crippen molar-refractivity contribution in [1.29, 1.82) is 0 Å². The summed E-state index contributed by atoms with van der Waals surface area (Å²) in [6.07, 6.45) is 0.392. The molecule has 8 nitrogen and oxygen atoms in total. The number of hydrogen-bond donors (Lipinski definition) is 0. The van der Waals surface area contributed by atoms with Crippen LogP contribution in [0.3, 0.4) is 0 Å². The summed E-state index contributed by atoms with van der Waals surface area (Å²) in [5.74, 6) is 0.0385. The van der Waals surface area contributed by atoms with Gasteiger partial charge >= 0.3 is 0 Å². The fraction of sp³-hybridized carbons (Fsp3) is 0.333. The Kier molecular flexibility index (Phi) is 8.24. The molecule has 1 saturated heterocycles. The van der Waals surface area contributed by atoms with Gasteiger partial charge in [-0.2, -0.15) is 0 Å². The molecule has 34 heavy (non-hydrogen) atoms. The quantitative estimate of drug-likeness (QED) is 0.433. The van der Waals surface area contributed by atoms with Gasteiger partial charge in [0.1, 0.15) is 5.75 Å². The Hall–Kier alpha value is -3.01. The van der Waals surface area contributed by atoms with Crippen molar-refractivity contribution in [3.63, 3.8) is 0 Å². The lowest BCUT2D eigenvalue weighted by Crippen LogP contribution is -2.37. The van der Waals surface area contributed by atoms with Crippen molar-refractivity contribution in [3.05, 3.63) is 48.0 Å². The van der Waals surface area contributed by atoms with Crippen molar-refractivity contribution in [2.75, 3.05) is 43.6 Å². The minimum atomic E-state index is -0.245. The van der Waals surface area contributed by atoms with Crippen LogP contribution in [-0.4, -0.2) is 61.4 Å². The first kappa shape index (κ1) is 25.6. The minimum Gasteiger partial charge on any atom is -0.494 e. The summed E-state index contributed by atoms with van der Waals surface area (Å²) in [6, 6.07) is 12.4. The first-order valence-corrected chi connectivity index (χ1v) is 11.6. The largest absolute Gasteiger partial charge is 0.494 e. The highest BCUT2D eigenvalue weighted by Gasteiger charge is 2.31. The van der Waals surface area contributed by atoms with Gasteiger partial charge < -0.3 is 9.64 Å². The van der Waals surface area contributed by atoms with Crippen LogP contribution < -0.4 is 14.5 Å². The molecule has 1 aromatic heterocycles. The van der Waals surface area contributed by atoms with Gasteiger partial charge in [0.05, 0.1) is 22.5 Å². The maximum absolute atomic E-state index is 13.6. The molecule has 2 aromatic carbocycles. The van der Waals surface area contributed by atoms with Crippen LogP contribution in [0.25, 0.3) is 10.2 Å². The zero-order valence-electron chi connectivity index (χ0n) is 19.3. The zero-order chi connectivity index (χ0) is 23.5. The molecule has 0 atom stereocenters. The molecule has 4 rings (SSSR count). The maximum Gasteiger partial charge on any atom is 0.260 e. The number of carbonyl (C=O) groups excluding carboxylic acids is 3. The van der Waals surface area contributed by atoms with Gasteiger partial charge in [0.25, 0.3) is 5.91 Å². The molecule has 0 bridgehead atoms. The number of imide groups is 1. The monoisotopic (exact) mass is 502 g/mol. The van der Waals surface area contributed by atoms with Crippen LogP contribution in [0.5, 0.6) is 5.75 Å². The molecule has 2 heterocycles. The Bertz CT molecular complexity index is 1200. The van der Waals surface area contributed by atoms with E-state index in [0.717, 1.165) is 20.9 Å². The number of nitrogens with zero attached hydrogens (tertiary/aromatic N) is 4. The molecule has 0 saturated carbocycles. The molecule has 0 unspecified atom stereocenters. The number of aromatic nitrogens is 1. The molecule has 1 fully saturated rings. The number of fused-ring (bicyclic) bond motifs is 1. The zero-order valence-corrected chi connectivity index (χ0v) is 20.9. The van der Waals surface area contributed by atoms with E-state index in [9.17, 15) is 14.4 Å². The Morgan fingerprint density at radius 3 is 2.50 bits per heavy atom. The molecule has 0 radical (unpaired) electrons. The number of likely N-dealkylation sites (N-methyl/N-ethyl adjacent to an activating group) is 1. The number of thiazole rings is 1. The Morgan fingerprint density at radius 1 is 1.09 bits per heavy atom. The number of rotatable bonds is 8. The number of amides is 3. The second-order valence-electron chi connectivity index (χ2n) is 7.99. The number of halogens is 1. The topological polar surface area (TPSA) is 83.1 Å². The van der Waals surface area contributed by atoms with Gasteiger partial charge in [-0.25, -0.2) is 4.98 Å². The van der Waals surface area contributed by atoms with Gasteiger partial charge in [0.2, 0.25) is 11.8 Å². The summed E-state index contributed by atoms with van der Waals surface area (Å²) in [4.78, 5) is 47.4. The van der Waals surface area contributed by atoms with Gasteiger partial charge in [-0.15, -0.1) is 12.4 Å². The van der Waals surface area contributed by atoms with Gasteiger partial charge in [-0.1, -0.05) is 17.4 Å². The Balaban J connectivity index is 0.00000324. The SMILES string of the molecule is CCOc1ccc2nc(N(CCN(C)C)C(=O)c3cccc(N4C(=O)CCC4=O)c3)sc2c1.Cl. The van der Waals surface area contributed by atoms with Crippen molar-refractivity contribution >= 4 is 62.5 Å². The number of ether oxygens (including phenoxy) is 1. The first-order valence-electron chi connectivity index (χ1n) is 10.8. The third-order valence-electron chi connectivity index (χ3n) is 5.31. The Morgan fingerprint density at radius 2 is 1.82 bits per heavy atom. The average molecular weight is 503 g/mol. The summed E-state index contributed by atoms with van der Waals surface area (Å²) in [6.45, 7) is 3.59. The number of anilines is 2. The third kappa shape index (κ3) is 5.38. The van der Waals surface area contributed by atoms with E-state index in [1.54, 1.807) is 29.2 Å². The second kappa shape index (κ2) is 10.9. The number of carbonyl (C=O) groups is 3. The van der Waals surface area contributed by atoms with Crippen LogP contribution in [0, 0.1) is 0 Å². The van der Waals surface area contributed by atoms with Crippen LogP contribution in [0.2, 0.25) is 0 Å². The summed E-state index contributed by atoms with van der Waals surface area (Å²) in [7, 11) is 3.89. The van der Waals surface area contributed by atoms with Gasteiger partial charge in [0, 0.05) is 31.5 Å². The maximum atomic E-state index is 13.6. The van der Waals surface area contributed by atoms with Crippen LogP contribution in [0.1, 0.15) is 30.1 Å². The molecule has 10 heteroatoms. The molecule has 3 aromatic rings. The standard InChI is InChI=1S/C24H26N4O4S.ClH/c1-4-32-18-8-9-19-20(15-18)33-24(25-19)27(13-12-26(2)3)23(31)16-6-5-7-17(14-16)28-21(29)10-11-22(28)30;/h5-9,14-15H,4,10-13H2,1-3H3;1H. The summed E-state index contributed by atoms with van der Waals surface area (Å²) in [5.41, 5.74) is 1.61. The lowest BCUT2D eigenvalue weighted by atomic mass is 10.1. The van der Waals surface area contributed by atoms with Gasteiger partial charge in [0.15, 0.2) is 5.13 Å². The summed E-state index contributed by atoms with van der Waals surface area (Å²) < 4.78 is 6.52. The average Bonchev–Trinajstić information content (AvgIpc) is 3.36. The van der Waals surface area contributed by atoms with E-state index in [-0.39, 0.29) is 43.0 Å². The van der Waals surface area contributed by atoms with Crippen molar-refractivity contribution in [2.24, 2.45) is 0 Å². The molecule has 0 aliphatic carbocycles. The van der Waals surface area contributed by atoms with Crippen molar-refractivity contribution in [2.45, 2.75) is 19.8 Å². The Labute approximate surface area is 208 Å². The van der Waals surface area contributed by atoms with Crippen LogP contribution in [-0.2, 0) is 9.59 Å². The third-order valence-corrected chi connectivity index (χ3v) is 6.35. The van der Waals surface area contributed by atoms with Gasteiger partial charge in [-0.3, -0.25) is 24.2 Å². The van der Waals surface area contributed by atoms with Crippen molar-refractivity contribution in [1.82, 2.24) is 9.88 Å². The molecule has 1 aliphatic heterocycles. The fourth-order valence-corrected chi connectivity index (χ4v) is 4.67. The highest BCUT2D eigenvalue weighted by atomic mass is 35.5. The minimum absolute atomic E-state index is 0. The van der Waals surface area contributed by atoms with Crippen LogP contribution in [0.15, 0.2) is 42.5 Å². The molecular weight excluding hydrogens is 476 g/mol. The highest BCUT2D eigenvalue weighted by molar-refractivity contribution is 7.22. The lowest BCUT2D eigenvalue weighted by molar-refractivity contribution is -0.121. The van der Waals surface area contributed by atoms with E-state index in [2.05, 4.69) is 0 Å². The molecule has 3 amide bonds. The van der Waals surface area contributed by atoms with E-state index in [4.69, 9.17) is 9.72 Å². The molecule has 180 valence electrons. The molecule has 1 aliphatic rings. The van der Waals surface area contributed by atoms with E-state index in [1.165, 1.54) is 11.3 Å². The predicted molar refractivity (Wildman–Crippen MR) is 136 cm³/mol. The summed E-state index contributed by atoms with van der Waals surface area (Å²) >= 11 is 1.43. The first-order chi connectivity index (χ1) is 15.9. The summed E-state index contributed by atoms with van der Waals surface area (Å²) in [5, 5.41) is 0.587.